The van der Waals surface area contributed by atoms with Crippen LogP contribution in [0.15, 0.2) is 10.7 Å². The van der Waals surface area contributed by atoms with Gasteiger partial charge in [0.2, 0.25) is 0 Å². The molecule has 0 saturated heterocycles. The Labute approximate surface area is 219 Å². The number of rotatable bonds is 13. The SMILES string of the molecule is CCOC(=O)C(F)(F)C(CCOC)(N[S@@+]([O-])C(C)(C)C)c1nc(Br)cc([Si](CC)(CC)CC)c1F. The molecule has 0 aliphatic carbocycles. The molecule has 0 bridgehead atoms. The fraction of sp³-hybridized carbons (Fsp3) is 0.739. The Hall–Kier alpha value is -0.663. The van der Waals surface area contributed by atoms with E-state index in [2.05, 4.69) is 25.6 Å². The molecule has 0 spiro atoms. The first-order chi connectivity index (χ1) is 16.1. The van der Waals surface area contributed by atoms with E-state index in [1.165, 1.54) is 14.0 Å². The number of esters is 1. The number of aromatic nitrogens is 1. The van der Waals surface area contributed by atoms with Crippen LogP contribution in [0.25, 0.3) is 0 Å². The van der Waals surface area contributed by atoms with Crippen LogP contribution in [0.4, 0.5) is 13.2 Å². The number of pyridine rings is 1. The highest BCUT2D eigenvalue weighted by Crippen LogP contribution is 2.44. The van der Waals surface area contributed by atoms with Gasteiger partial charge in [0.15, 0.2) is 5.54 Å². The largest absolute Gasteiger partial charge is 0.598 e. The molecule has 1 N–H and O–H groups in total. The number of methoxy groups -OCH3 is 1. The van der Waals surface area contributed by atoms with Gasteiger partial charge in [0.05, 0.1) is 14.7 Å². The van der Waals surface area contributed by atoms with Crippen LogP contribution in [0, 0.1) is 5.82 Å². The zero-order valence-corrected chi connectivity index (χ0v) is 25.2. The third kappa shape index (κ3) is 6.62. The predicted molar refractivity (Wildman–Crippen MR) is 140 cm³/mol. The van der Waals surface area contributed by atoms with Gasteiger partial charge in [-0.1, -0.05) is 38.9 Å². The van der Waals surface area contributed by atoms with Crippen LogP contribution in [0.2, 0.25) is 18.1 Å². The monoisotopic (exact) mass is 602 g/mol. The van der Waals surface area contributed by atoms with Gasteiger partial charge in [0.1, 0.15) is 20.9 Å². The lowest BCUT2D eigenvalue weighted by Crippen LogP contribution is -2.65. The van der Waals surface area contributed by atoms with Gasteiger partial charge < -0.3 is 14.0 Å². The zero-order chi connectivity index (χ0) is 27.2. The summed E-state index contributed by atoms with van der Waals surface area (Å²) >= 11 is 1.15. The molecule has 6 nitrogen and oxygen atoms in total. The van der Waals surface area contributed by atoms with Gasteiger partial charge in [-0.15, -0.1) is 4.72 Å². The summed E-state index contributed by atoms with van der Waals surface area (Å²) in [6, 6.07) is 3.61. The molecular formula is C23H38BrF3N2O4SSi. The number of hydrogen-bond acceptors (Lipinski definition) is 6. The maximum absolute atomic E-state index is 16.4. The second-order valence-corrected chi connectivity index (χ2v) is 17.4. The number of nitrogens with one attached hydrogen (secondary N) is 1. The van der Waals surface area contributed by atoms with Gasteiger partial charge in [0.25, 0.3) is 0 Å². The van der Waals surface area contributed by atoms with Crippen molar-refractivity contribution in [2.45, 2.75) is 89.2 Å². The molecule has 0 aromatic carbocycles. The van der Waals surface area contributed by atoms with Gasteiger partial charge >= 0.3 is 11.9 Å². The van der Waals surface area contributed by atoms with Crippen LogP contribution in [0.1, 0.15) is 60.6 Å². The number of alkyl halides is 2. The molecule has 0 saturated carbocycles. The van der Waals surface area contributed by atoms with E-state index in [-0.39, 0.29) is 17.8 Å². The molecule has 202 valence electrons. The van der Waals surface area contributed by atoms with Crippen LogP contribution in [0.5, 0.6) is 0 Å². The minimum Gasteiger partial charge on any atom is -0.598 e. The number of carbonyl (C=O) groups is 1. The van der Waals surface area contributed by atoms with Crippen LogP contribution < -0.4 is 9.91 Å². The molecule has 1 unspecified atom stereocenters. The lowest BCUT2D eigenvalue weighted by Gasteiger charge is -2.41. The Morgan fingerprint density at radius 2 is 1.74 bits per heavy atom. The van der Waals surface area contributed by atoms with E-state index in [4.69, 9.17) is 9.47 Å². The molecule has 35 heavy (non-hydrogen) atoms. The fourth-order valence-corrected chi connectivity index (χ4v) is 9.27. The molecular weight excluding hydrogens is 565 g/mol. The van der Waals surface area contributed by atoms with Crippen molar-refractivity contribution in [3.05, 3.63) is 22.2 Å². The summed E-state index contributed by atoms with van der Waals surface area (Å²) in [6.45, 7) is 11.4. The first-order valence-electron chi connectivity index (χ1n) is 11.7. The second kappa shape index (κ2) is 12.7. The number of carbonyl (C=O) groups excluding carboxylic acids is 1. The van der Waals surface area contributed by atoms with E-state index >= 15 is 13.2 Å². The van der Waals surface area contributed by atoms with Crippen molar-refractivity contribution in [1.82, 2.24) is 9.71 Å². The number of ether oxygens (including phenoxy) is 2. The summed E-state index contributed by atoms with van der Waals surface area (Å²) < 4.78 is 73.3. The molecule has 0 fully saturated rings. The van der Waals surface area contributed by atoms with E-state index < -0.39 is 59.5 Å². The van der Waals surface area contributed by atoms with E-state index in [1.807, 2.05) is 20.8 Å². The lowest BCUT2D eigenvalue weighted by molar-refractivity contribution is -0.187. The topological polar surface area (TPSA) is 83.5 Å². The number of halogens is 4. The van der Waals surface area contributed by atoms with E-state index in [0.29, 0.717) is 23.3 Å². The summed E-state index contributed by atoms with van der Waals surface area (Å²) in [7, 11) is -1.13. The fourth-order valence-electron chi connectivity index (χ4n) is 4.04. The normalized spacial score (nSPS) is 15.6. The first-order valence-corrected chi connectivity index (χ1v) is 16.3. The van der Waals surface area contributed by atoms with Crippen LogP contribution in [0.3, 0.4) is 0 Å². The lowest BCUT2D eigenvalue weighted by atomic mass is 9.84. The zero-order valence-electron chi connectivity index (χ0n) is 21.8. The van der Waals surface area contributed by atoms with Gasteiger partial charge in [-0.3, -0.25) is 0 Å². The third-order valence-corrected chi connectivity index (χ3v) is 14.1. The maximum atomic E-state index is 16.4. The van der Waals surface area contributed by atoms with Crippen LogP contribution in [-0.2, 0) is 31.2 Å². The molecule has 1 aromatic heterocycles. The highest BCUT2D eigenvalue weighted by molar-refractivity contribution is 9.10. The molecule has 0 radical (unpaired) electrons. The standard InChI is InChI=1S/C23H38BrF3N2O4SSi/c1-9-33-20(30)23(26,27)22(13-14-32-8,29-34(31)21(5,6)7)19-18(25)16(15-17(24)28-19)35(10-2,11-3)12-4/h15,29H,9-14H2,1-8H3/t22?,34-/m0/s1. The molecule has 1 rings (SSSR count). The molecule has 0 aliphatic rings. The van der Waals surface area contributed by atoms with E-state index in [0.717, 1.165) is 0 Å². The average Bonchev–Trinajstić information content (AvgIpc) is 2.79. The Bertz CT molecular complexity index is 864. The van der Waals surface area contributed by atoms with Gasteiger partial charge in [-0.25, -0.2) is 14.2 Å². The molecule has 12 heteroatoms. The van der Waals surface area contributed by atoms with Crippen LogP contribution >= 0.6 is 15.9 Å². The Kier molecular flexibility index (Phi) is 11.8. The molecule has 1 heterocycles. The quantitative estimate of drug-likeness (QED) is 0.145. The second-order valence-electron chi connectivity index (χ2n) is 9.42. The van der Waals surface area contributed by atoms with E-state index in [9.17, 15) is 9.35 Å². The summed E-state index contributed by atoms with van der Waals surface area (Å²) in [6.07, 6.45) is -0.587. The van der Waals surface area contributed by atoms with Crippen molar-refractivity contribution in [2.75, 3.05) is 20.3 Å². The van der Waals surface area contributed by atoms with Crippen LogP contribution in [-0.4, -0.2) is 54.6 Å². The molecule has 2 atom stereocenters. The first kappa shape index (κ1) is 32.4. The van der Waals surface area contributed by atoms with Crippen molar-refractivity contribution in [1.29, 1.82) is 0 Å². The smallest absolute Gasteiger partial charge is 0.379 e. The molecule has 0 amide bonds. The van der Waals surface area contributed by atoms with Crippen molar-refractivity contribution in [3.63, 3.8) is 0 Å². The number of hydrogen-bond donors (Lipinski definition) is 1. The highest BCUT2D eigenvalue weighted by Gasteiger charge is 2.66. The minimum absolute atomic E-state index is 0.154. The Morgan fingerprint density at radius 3 is 2.17 bits per heavy atom. The highest BCUT2D eigenvalue weighted by atomic mass is 79.9. The molecule has 0 aliphatic heterocycles. The van der Waals surface area contributed by atoms with Crippen molar-refractivity contribution < 1.29 is 32.0 Å². The van der Waals surface area contributed by atoms with E-state index in [1.54, 1.807) is 26.8 Å². The number of nitrogens with zero attached hydrogens (tertiary/aromatic N) is 1. The summed E-state index contributed by atoms with van der Waals surface area (Å²) in [4.78, 5) is 16.8. The third-order valence-electron chi connectivity index (χ3n) is 6.50. The molecule has 1 aromatic rings. The summed E-state index contributed by atoms with van der Waals surface area (Å²) in [5.74, 6) is -7.10. The van der Waals surface area contributed by atoms with Crippen molar-refractivity contribution in [2.24, 2.45) is 0 Å². The summed E-state index contributed by atoms with van der Waals surface area (Å²) in [5.41, 5.74) is -3.48. The van der Waals surface area contributed by atoms with Gasteiger partial charge in [-0.05, 0) is 54.9 Å². The van der Waals surface area contributed by atoms with Gasteiger partial charge in [-0.2, -0.15) is 8.78 Å². The Morgan fingerprint density at radius 1 is 1.20 bits per heavy atom. The maximum Gasteiger partial charge on any atom is 0.379 e. The van der Waals surface area contributed by atoms with Crippen molar-refractivity contribution >= 4 is 46.5 Å². The van der Waals surface area contributed by atoms with Gasteiger partial charge in [0, 0.05) is 31.5 Å². The predicted octanol–water partition coefficient (Wildman–Crippen LogP) is 5.18. The minimum atomic E-state index is -4.33. The Balaban J connectivity index is 4.16. The van der Waals surface area contributed by atoms with Crippen molar-refractivity contribution in [3.8, 4) is 0 Å². The average molecular weight is 604 g/mol. The summed E-state index contributed by atoms with van der Waals surface area (Å²) in [5, 5.41) is 0.340.